The second-order valence-corrected chi connectivity index (χ2v) is 6.43. The highest BCUT2D eigenvalue weighted by molar-refractivity contribution is 5.89. The average molecular weight is 341 g/mol. The number of carbonyl (C=O) groups is 2. The number of imidazole rings is 1. The second-order valence-electron chi connectivity index (χ2n) is 6.43. The summed E-state index contributed by atoms with van der Waals surface area (Å²) in [7, 11) is 0. The minimum Gasteiger partial charge on any atom is -0.354 e. The maximum Gasteiger partial charge on any atom is 0.225 e. The molecule has 0 unspecified atom stereocenters. The Labute approximate surface area is 147 Å². The van der Waals surface area contributed by atoms with Crippen molar-refractivity contribution in [2.24, 2.45) is 5.92 Å². The van der Waals surface area contributed by atoms with Crippen molar-refractivity contribution < 1.29 is 9.59 Å². The number of pyridine rings is 1. The van der Waals surface area contributed by atoms with Crippen LogP contribution in [0.2, 0.25) is 0 Å². The van der Waals surface area contributed by atoms with Gasteiger partial charge in [0.2, 0.25) is 11.8 Å². The zero-order valence-electron chi connectivity index (χ0n) is 14.6. The summed E-state index contributed by atoms with van der Waals surface area (Å²) < 4.78 is 2.02. The Bertz CT molecular complexity index is 756. The van der Waals surface area contributed by atoms with Crippen LogP contribution in [0.1, 0.15) is 23.4 Å². The molecule has 0 aromatic carbocycles. The molecule has 1 aliphatic heterocycles. The molecule has 3 rings (SSSR count). The molecule has 0 aliphatic carbocycles. The van der Waals surface area contributed by atoms with Gasteiger partial charge in [-0.15, -0.1) is 0 Å². The van der Waals surface area contributed by atoms with E-state index in [2.05, 4.69) is 15.3 Å². The van der Waals surface area contributed by atoms with Crippen LogP contribution in [0.15, 0.2) is 30.9 Å². The van der Waals surface area contributed by atoms with Crippen molar-refractivity contribution in [2.75, 3.05) is 13.1 Å². The molecule has 1 atom stereocenters. The number of hydrogen-bond acceptors (Lipinski definition) is 4. The smallest absolute Gasteiger partial charge is 0.225 e. The average Bonchev–Trinajstić information content (AvgIpc) is 3.13. The van der Waals surface area contributed by atoms with E-state index in [9.17, 15) is 9.59 Å². The van der Waals surface area contributed by atoms with Crippen molar-refractivity contribution in [2.45, 2.75) is 33.4 Å². The molecule has 1 aliphatic rings. The summed E-state index contributed by atoms with van der Waals surface area (Å²) >= 11 is 0. The minimum absolute atomic E-state index is 0.0260. The standard InChI is InChI=1S/C18H23N5O2/c1-13-14(2)22(12-21-13)8-7-20-18(25)16-9-17(24)23(11-16)10-15-3-5-19-6-4-15/h3-6,12,16H,7-11H2,1-2H3,(H,20,25)/t16-/m0/s1. The number of aryl methyl sites for hydroxylation is 1. The van der Waals surface area contributed by atoms with Crippen LogP contribution in [0, 0.1) is 19.8 Å². The van der Waals surface area contributed by atoms with Gasteiger partial charge in [-0.1, -0.05) is 0 Å². The second kappa shape index (κ2) is 7.46. The molecule has 1 N–H and O–H groups in total. The van der Waals surface area contributed by atoms with E-state index in [0.717, 1.165) is 17.0 Å². The van der Waals surface area contributed by atoms with Gasteiger partial charge in [-0.3, -0.25) is 14.6 Å². The van der Waals surface area contributed by atoms with Crippen LogP contribution in [-0.2, 0) is 22.7 Å². The highest BCUT2D eigenvalue weighted by Crippen LogP contribution is 2.20. The number of aromatic nitrogens is 3. The number of likely N-dealkylation sites (tertiary alicyclic amines) is 1. The Hall–Kier alpha value is -2.70. The number of amides is 2. The van der Waals surface area contributed by atoms with E-state index in [1.54, 1.807) is 23.6 Å². The van der Waals surface area contributed by atoms with Crippen molar-refractivity contribution in [1.82, 2.24) is 24.8 Å². The molecule has 0 bridgehead atoms. The Balaban J connectivity index is 1.48. The van der Waals surface area contributed by atoms with Gasteiger partial charge in [0.1, 0.15) is 0 Å². The largest absolute Gasteiger partial charge is 0.354 e. The van der Waals surface area contributed by atoms with Gasteiger partial charge in [0.05, 0.1) is 17.9 Å². The van der Waals surface area contributed by atoms with E-state index in [-0.39, 0.29) is 24.2 Å². The number of nitrogens with one attached hydrogen (secondary N) is 1. The van der Waals surface area contributed by atoms with Crippen LogP contribution in [0.25, 0.3) is 0 Å². The Morgan fingerprint density at radius 2 is 2.08 bits per heavy atom. The van der Waals surface area contributed by atoms with E-state index in [4.69, 9.17) is 0 Å². The molecule has 7 nitrogen and oxygen atoms in total. The third-order valence-electron chi connectivity index (χ3n) is 4.71. The van der Waals surface area contributed by atoms with E-state index in [1.807, 2.05) is 30.5 Å². The summed E-state index contributed by atoms with van der Waals surface area (Å²) in [4.78, 5) is 34.5. The van der Waals surface area contributed by atoms with E-state index < -0.39 is 0 Å². The van der Waals surface area contributed by atoms with Crippen LogP contribution in [-0.4, -0.2) is 44.3 Å². The Morgan fingerprint density at radius 3 is 2.76 bits per heavy atom. The fourth-order valence-corrected chi connectivity index (χ4v) is 3.02. The summed E-state index contributed by atoms with van der Waals surface area (Å²) in [6.45, 7) is 6.18. The molecule has 2 aromatic heterocycles. The molecule has 0 radical (unpaired) electrons. The van der Waals surface area contributed by atoms with Crippen LogP contribution in [0.3, 0.4) is 0 Å². The van der Waals surface area contributed by atoms with Crippen LogP contribution in [0.5, 0.6) is 0 Å². The van der Waals surface area contributed by atoms with Gasteiger partial charge in [0.25, 0.3) is 0 Å². The van der Waals surface area contributed by atoms with Gasteiger partial charge >= 0.3 is 0 Å². The van der Waals surface area contributed by atoms with Gasteiger partial charge in [0, 0.05) is 50.7 Å². The Morgan fingerprint density at radius 1 is 1.32 bits per heavy atom. The van der Waals surface area contributed by atoms with Crippen molar-refractivity contribution in [3.05, 3.63) is 47.8 Å². The minimum atomic E-state index is -0.278. The summed E-state index contributed by atoms with van der Waals surface area (Å²) in [5.41, 5.74) is 3.13. The first-order valence-corrected chi connectivity index (χ1v) is 8.47. The third kappa shape index (κ3) is 4.04. The van der Waals surface area contributed by atoms with Crippen LogP contribution >= 0.6 is 0 Å². The van der Waals surface area contributed by atoms with Gasteiger partial charge < -0.3 is 14.8 Å². The van der Waals surface area contributed by atoms with Gasteiger partial charge in [-0.25, -0.2) is 4.98 Å². The highest BCUT2D eigenvalue weighted by atomic mass is 16.2. The van der Waals surface area contributed by atoms with Crippen molar-refractivity contribution in [3.63, 3.8) is 0 Å². The molecule has 2 aromatic rings. The molecule has 0 spiro atoms. The molecule has 3 heterocycles. The number of carbonyl (C=O) groups excluding carboxylic acids is 2. The maximum atomic E-state index is 12.3. The summed E-state index contributed by atoms with van der Waals surface area (Å²) in [5, 5.41) is 2.94. The van der Waals surface area contributed by atoms with Gasteiger partial charge in [-0.05, 0) is 31.5 Å². The Kier molecular flexibility index (Phi) is 5.11. The molecular formula is C18H23N5O2. The predicted octanol–water partition coefficient (Wildman–Crippen LogP) is 1.06. The van der Waals surface area contributed by atoms with Crippen LogP contribution < -0.4 is 5.32 Å². The van der Waals surface area contributed by atoms with Crippen molar-refractivity contribution >= 4 is 11.8 Å². The monoisotopic (exact) mass is 341 g/mol. The fraction of sp³-hybridized carbons (Fsp3) is 0.444. The lowest BCUT2D eigenvalue weighted by molar-refractivity contribution is -0.129. The molecule has 132 valence electrons. The summed E-state index contributed by atoms with van der Waals surface area (Å²) in [5.74, 6) is -0.307. The molecule has 1 fully saturated rings. The maximum absolute atomic E-state index is 12.3. The van der Waals surface area contributed by atoms with E-state index in [1.165, 1.54) is 0 Å². The summed E-state index contributed by atoms with van der Waals surface area (Å²) in [6, 6.07) is 3.77. The third-order valence-corrected chi connectivity index (χ3v) is 4.71. The first kappa shape index (κ1) is 17.1. The van der Waals surface area contributed by atoms with Crippen molar-refractivity contribution in [1.29, 1.82) is 0 Å². The van der Waals surface area contributed by atoms with Crippen molar-refractivity contribution in [3.8, 4) is 0 Å². The molecule has 1 saturated heterocycles. The number of nitrogens with zero attached hydrogens (tertiary/aromatic N) is 4. The SMILES string of the molecule is Cc1ncn(CCNC(=O)[C@H]2CC(=O)N(Cc3ccncc3)C2)c1C. The van der Waals surface area contributed by atoms with Gasteiger partial charge in [-0.2, -0.15) is 0 Å². The van der Waals surface area contributed by atoms with E-state index in [0.29, 0.717) is 26.2 Å². The lowest BCUT2D eigenvalue weighted by atomic mass is 10.1. The van der Waals surface area contributed by atoms with Gasteiger partial charge in [0.15, 0.2) is 0 Å². The molecule has 7 heteroatoms. The van der Waals surface area contributed by atoms with Crippen LogP contribution in [0.4, 0.5) is 0 Å². The predicted molar refractivity (Wildman–Crippen MR) is 92.5 cm³/mol. The topological polar surface area (TPSA) is 80.1 Å². The first-order valence-electron chi connectivity index (χ1n) is 8.47. The number of rotatable bonds is 6. The van der Waals surface area contributed by atoms with E-state index >= 15 is 0 Å². The zero-order valence-corrected chi connectivity index (χ0v) is 14.6. The molecule has 2 amide bonds. The lowest BCUT2D eigenvalue weighted by Crippen LogP contribution is -2.34. The lowest BCUT2D eigenvalue weighted by Gasteiger charge is -2.16. The molecule has 0 saturated carbocycles. The fourth-order valence-electron chi connectivity index (χ4n) is 3.02. The normalized spacial score (nSPS) is 17.1. The zero-order chi connectivity index (χ0) is 17.8. The molecular weight excluding hydrogens is 318 g/mol. The molecule has 25 heavy (non-hydrogen) atoms. The first-order chi connectivity index (χ1) is 12.0. The quantitative estimate of drug-likeness (QED) is 0.852. The summed E-state index contributed by atoms with van der Waals surface area (Å²) in [6.07, 6.45) is 5.48. The highest BCUT2D eigenvalue weighted by Gasteiger charge is 2.33. The number of hydrogen-bond donors (Lipinski definition) is 1.